The lowest BCUT2D eigenvalue weighted by Gasteiger charge is -2.43. The maximum absolute atomic E-state index is 13.7. The average Bonchev–Trinajstić information content (AvgIpc) is 3.44. The van der Waals surface area contributed by atoms with Crippen molar-refractivity contribution in [2.75, 3.05) is 16.9 Å². The third-order valence-corrected chi connectivity index (χ3v) is 6.31. The molecule has 7 heteroatoms. The number of hydrogen-bond acceptors (Lipinski definition) is 5. The predicted molar refractivity (Wildman–Crippen MR) is 133 cm³/mol. The molecule has 2 heterocycles. The molecule has 1 aromatic heterocycles. The number of carbonyl (C=O) groups is 2. The van der Waals surface area contributed by atoms with Crippen molar-refractivity contribution in [3.05, 3.63) is 108 Å². The zero-order valence-electron chi connectivity index (χ0n) is 19.5. The molecular formula is C28H25N3O4. The van der Waals surface area contributed by atoms with E-state index < -0.39 is 0 Å². The van der Waals surface area contributed by atoms with Crippen LogP contribution in [0, 0.1) is 0 Å². The summed E-state index contributed by atoms with van der Waals surface area (Å²) in [5.74, 6) is 0.386. The summed E-state index contributed by atoms with van der Waals surface area (Å²) in [6, 6.07) is 25.5. The van der Waals surface area contributed by atoms with E-state index in [1.165, 1.54) is 6.20 Å². The molecule has 0 unspecified atom stereocenters. The lowest BCUT2D eigenvalue weighted by molar-refractivity contribution is 0.0935. The summed E-state index contributed by atoms with van der Waals surface area (Å²) in [6.07, 6.45) is 2.00. The van der Waals surface area contributed by atoms with Gasteiger partial charge in [0.15, 0.2) is 0 Å². The van der Waals surface area contributed by atoms with Gasteiger partial charge in [-0.05, 0) is 55.3 Å². The van der Waals surface area contributed by atoms with Crippen molar-refractivity contribution in [2.24, 2.45) is 0 Å². The molecule has 0 bridgehead atoms. The van der Waals surface area contributed by atoms with Crippen LogP contribution in [0.5, 0.6) is 5.75 Å². The summed E-state index contributed by atoms with van der Waals surface area (Å²) in [6.45, 7) is 2.00. The fourth-order valence-electron chi connectivity index (χ4n) is 4.70. The van der Waals surface area contributed by atoms with Gasteiger partial charge in [-0.2, -0.15) is 0 Å². The molecule has 0 saturated heterocycles. The van der Waals surface area contributed by atoms with Crippen LogP contribution in [-0.4, -0.2) is 30.1 Å². The van der Waals surface area contributed by atoms with Crippen molar-refractivity contribution in [1.29, 1.82) is 0 Å². The van der Waals surface area contributed by atoms with E-state index in [1.807, 2.05) is 78.6 Å². The van der Waals surface area contributed by atoms with Crippen LogP contribution in [0.25, 0.3) is 0 Å². The Morgan fingerprint density at radius 2 is 1.77 bits per heavy atom. The molecule has 0 spiro atoms. The number of amides is 2. The highest BCUT2D eigenvalue weighted by Crippen LogP contribution is 2.43. The SMILES string of the molecule is COc1cccc(C(=O)N2c3ccccc3[C@@H](N(C(=O)c3ccno3)c3ccccc3)C[C@H]2C)c1. The first kappa shape index (κ1) is 22.4. The van der Waals surface area contributed by atoms with Crippen molar-refractivity contribution in [3.8, 4) is 5.75 Å². The predicted octanol–water partition coefficient (Wildman–Crippen LogP) is 5.51. The zero-order valence-corrected chi connectivity index (χ0v) is 19.5. The maximum atomic E-state index is 13.7. The van der Waals surface area contributed by atoms with Gasteiger partial charge in [0.25, 0.3) is 11.8 Å². The molecule has 3 aromatic carbocycles. The number of methoxy groups -OCH3 is 1. The van der Waals surface area contributed by atoms with Gasteiger partial charge in [-0.15, -0.1) is 0 Å². The number of rotatable bonds is 5. The highest BCUT2D eigenvalue weighted by molar-refractivity contribution is 6.08. The lowest BCUT2D eigenvalue weighted by Crippen LogP contribution is -2.47. The van der Waals surface area contributed by atoms with E-state index >= 15 is 0 Å². The summed E-state index contributed by atoms with van der Waals surface area (Å²) >= 11 is 0. The Morgan fingerprint density at radius 3 is 2.51 bits per heavy atom. The Morgan fingerprint density at radius 1 is 1.00 bits per heavy atom. The quantitative estimate of drug-likeness (QED) is 0.387. The zero-order chi connectivity index (χ0) is 24.4. The van der Waals surface area contributed by atoms with Crippen molar-refractivity contribution in [2.45, 2.75) is 25.4 Å². The summed E-state index contributed by atoms with van der Waals surface area (Å²) in [7, 11) is 1.58. The largest absolute Gasteiger partial charge is 0.497 e. The molecular weight excluding hydrogens is 442 g/mol. The van der Waals surface area contributed by atoms with Crippen LogP contribution >= 0.6 is 0 Å². The Hall–Kier alpha value is -4.39. The third kappa shape index (κ3) is 4.17. The molecule has 2 atom stereocenters. The van der Waals surface area contributed by atoms with Crippen LogP contribution in [0.15, 0.2) is 95.6 Å². The molecule has 0 aliphatic carbocycles. The van der Waals surface area contributed by atoms with E-state index in [0.717, 1.165) is 16.9 Å². The second-order valence-electron chi connectivity index (χ2n) is 8.45. The first-order valence-corrected chi connectivity index (χ1v) is 11.4. The van der Waals surface area contributed by atoms with Crippen LogP contribution in [-0.2, 0) is 0 Å². The van der Waals surface area contributed by atoms with Gasteiger partial charge in [0.1, 0.15) is 5.75 Å². The van der Waals surface area contributed by atoms with Crippen molar-refractivity contribution < 1.29 is 18.8 Å². The first-order valence-electron chi connectivity index (χ1n) is 11.4. The molecule has 4 aromatic rings. The van der Waals surface area contributed by atoms with Crippen molar-refractivity contribution >= 4 is 23.2 Å². The normalized spacial score (nSPS) is 16.9. The van der Waals surface area contributed by atoms with Crippen LogP contribution in [0.2, 0.25) is 0 Å². The van der Waals surface area contributed by atoms with E-state index in [-0.39, 0.29) is 29.7 Å². The van der Waals surface area contributed by atoms with E-state index in [9.17, 15) is 9.59 Å². The smallest absolute Gasteiger partial charge is 0.297 e. The Kier molecular flexibility index (Phi) is 6.06. The van der Waals surface area contributed by atoms with Gasteiger partial charge in [-0.3, -0.25) is 14.5 Å². The van der Waals surface area contributed by atoms with Gasteiger partial charge < -0.3 is 14.2 Å². The number of ether oxygens (including phenoxy) is 1. The monoisotopic (exact) mass is 467 g/mol. The minimum Gasteiger partial charge on any atom is -0.497 e. The molecule has 0 saturated carbocycles. The topological polar surface area (TPSA) is 75.9 Å². The molecule has 7 nitrogen and oxygen atoms in total. The molecule has 35 heavy (non-hydrogen) atoms. The van der Waals surface area contributed by atoms with Gasteiger partial charge in [0, 0.05) is 29.0 Å². The van der Waals surface area contributed by atoms with Gasteiger partial charge >= 0.3 is 0 Å². The molecule has 5 rings (SSSR count). The number of nitrogens with zero attached hydrogens (tertiary/aromatic N) is 3. The van der Waals surface area contributed by atoms with E-state index in [4.69, 9.17) is 9.26 Å². The van der Waals surface area contributed by atoms with Crippen molar-refractivity contribution in [3.63, 3.8) is 0 Å². The van der Waals surface area contributed by atoms with Crippen LogP contribution < -0.4 is 14.5 Å². The Balaban J connectivity index is 1.59. The second kappa shape index (κ2) is 9.46. The number of carbonyl (C=O) groups excluding carboxylic acids is 2. The second-order valence-corrected chi connectivity index (χ2v) is 8.45. The molecule has 1 aliphatic rings. The average molecular weight is 468 g/mol. The minimum absolute atomic E-state index is 0.116. The summed E-state index contributed by atoms with van der Waals surface area (Å²) in [5.41, 5.74) is 2.95. The number of benzene rings is 3. The molecule has 1 aliphatic heterocycles. The Labute approximate surface area is 203 Å². The summed E-state index contributed by atoms with van der Waals surface area (Å²) in [4.78, 5) is 30.8. The molecule has 0 fully saturated rings. The van der Waals surface area contributed by atoms with Crippen LogP contribution in [0.4, 0.5) is 11.4 Å². The van der Waals surface area contributed by atoms with Crippen LogP contribution in [0.1, 0.15) is 45.9 Å². The van der Waals surface area contributed by atoms with E-state index in [2.05, 4.69) is 5.16 Å². The maximum Gasteiger partial charge on any atom is 0.297 e. The number of fused-ring (bicyclic) bond motifs is 1. The van der Waals surface area contributed by atoms with Crippen molar-refractivity contribution in [1.82, 2.24) is 5.16 Å². The number of aromatic nitrogens is 1. The first-order chi connectivity index (χ1) is 17.1. The van der Waals surface area contributed by atoms with E-state index in [1.54, 1.807) is 30.2 Å². The fourth-order valence-corrected chi connectivity index (χ4v) is 4.70. The van der Waals surface area contributed by atoms with E-state index in [0.29, 0.717) is 17.7 Å². The van der Waals surface area contributed by atoms with Gasteiger partial charge in [-0.1, -0.05) is 47.6 Å². The molecule has 0 N–H and O–H groups in total. The number of para-hydroxylation sites is 2. The van der Waals surface area contributed by atoms with Gasteiger partial charge in [0.05, 0.1) is 19.3 Å². The van der Waals surface area contributed by atoms with Gasteiger partial charge in [-0.25, -0.2) is 0 Å². The standard InChI is InChI=1S/C28H25N3O4/c1-19-17-25(31(21-10-4-3-5-11-21)28(33)26-15-16-29-35-26)23-13-6-7-14-24(23)30(19)27(32)20-9-8-12-22(18-20)34-2/h3-16,18-19,25H,17H2,1-2H3/t19-,25+/m1/s1. The summed E-state index contributed by atoms with van der Waals surface area (Å²) in [5, 5.41) is 3.72. The Bertz CT molecular complexity index is 1340. The number of hydrogen-bond donors (Lipinski definition) is 0. The molecule has 176 valence electrons. The fraction of sp³-hybridized carbons (Fsp3) is 0.179. The lowest BCUT2D eigenvalue weighted by atomic mass is 9.89. The minimum atomic E-state index is -0.310. The van der Waals surface area contributed by atoms with Crippen LogP contribution in [0.3, 0.4) is 0 Å². The molecule has 0 radical (unpaired) electrons. The molecule has 2 amide bonds. The summed E-state index contributed by atoms with van der Waals surface area (Å²) < 4.78 is 10.5. The van der Waals surface area contributed by atoms with Gasteiger partial charge in [0.2, 0.25) is 5.76 Å². The highest BCUT2D eigenvalue weighted by atomic mass is 16.5. The number of anilines is 2. The third-order valence-electron chi connectivity index (χ3n) is 6.31. The highest BCUT2D eigenvalue weighted by Gasteiger charge is 2.39.